The highest BCUT2D eigenvalue weighted by Gasteiger charge is 2.45. The van der Waals surface area contributed by atoms with E-state index in [1.165, 1.54) is 0 Å². The zero-order chi connectivity index (χ0) is 41.9. The quantitative estimate of drug-likeness (QED) is 0.162. The van der Waals surface area contributed by atoms with Gasteiger partial charge in [-0.3, -0.25) is 14.4 Å². The molecule has 0 aliphatic carbocycles. The van der Waals surface area contributed by atoms with Crippen molar-refractivity contribution in [2.45, 2.75) is 152 Å². The summed E-state index contributed by atoms with van der Waals surface area (Å²) in [7, 11) is 0. The van der Waals surface area contributed by atoms with Crippen molar-refractivity contribution in [3.05, 3.63) is 45.7 Å². The lowest BCUT2D eigenvalue weighted by atomic mass is 9.74. The van der Waals surface area contributed by atoms with Gasteiger partial charge in [0.2, 0.25) is 0 Å². The Bertz CT molecular complexity index is 1700. The van der Waals surface area contributed by atoms with Crippen LogP contribution in [0.3, 0.4) is 0 Å². The largest absolute Gasteiger partial charge is 0.466 e. The highest BCUT2D eigenvalue weighted by molar-refractivity contribution is 5.83. The number of carbonyl (C=O) groups is 4. The maximum Gasteiger partial charge on any atom is 0.410 e. The molecule has 0 unspecified atom stereocenters. The molecule has 0 radical (unpaired) electrons. The molecule has 0 N–H and O–H groups in total. The van der Waals surface area contributed by atoms with Gasteiger partial charge in [0, 0.05) is 44.2 Å². The van der Waals surface area contributed by atoms with Crippen molar-refractivity contribution in [2.75, 3.05) is 39.4 Å². The molecule has 0 atom stereocenters. The number of hydrogen-bond acceptors (Lipinski definition) is 9. The van der Waals surface area contributed by atoms with E-state index >= 15 is 0 Å². The van der Waals surface area contributed by atoms with E-state index in [0.29, 0.717) is 84.5 Å². The molecule has 4 rings (SSSR count). The van der Waals surface area contributed by atoms with Crippen molar-refractivity contribution < 1.29 is 38.1 Å². The lowest BCUT2D eigenvalue weighted by Gasteiger charge is -2.40. The highest BCUT2D eigenvalue weighted by atomic mass is 16.6. The number of nitrogens with zero attached hydrogens (tertiary/aromatic N) is 3. The number of rotatable bonds is 11. The number of pyridine rings is 1. The molecule has 0 saturated carbocycles. The fourth-order valence-electron chi connectivity index (χ4n) is 7.55. The fraction of sp³-hybridized carbons (Fsp3) is 0.705. The van der Waals surface area contributed by atoms with Crippen LogP contribution in [-0.2, 0) is 35.1 Å². The van der Waals surface area contributed by atoms with Gasteiger partial charge in [-0.15, -0.1) is 0 Å². The van der Waals surface area contributed by atoms with E-state index in [0.717, 1.165) is 41.3 Å². The first-order valence-electron chi connectivity index (χ1n) is 20.6. The normalized spacial score (nSPS) is 16.7. The number of likely N-dealkylation sites (tertiary alicyclic amines) is 2. The topological polar surface area (TPSA) is 134 Å². The second kappa shape index (κ2) is 19.9. The molecule has 12 heteroatoms. The molecule has 314 valence electrons. The minimum Gasteiger partial charge on any atom is -0.466 e. The van der Waals surface area contributed by atoms with E-state index in [1.807, 2.05) is 79.9 Å². The Kier molecular flexibility index (Phi) is 16.4. The summed E-state index contributed by atoms with van der Waals surface area (Å²) in [5, 5.41) is 1.07. The van der Waals surface area contributed by atoms with Gasteiger partial charge in [-0.1, -0.05) is 31.9 Å². The Balaban J connectivity index is 0.000000331. The minimum absolute atomic E-state index is 0.0273. The molecule has 12 nitrogen and oxygen atoms in total. The lowest BCUT2D eigenvalue weighted by Crippen LogP contribution is -2.48. The van der Waals surface area contributed by atoms with Crippen LogP contribution < -0.4 is 5.56 Å². The van der Waals surface area contributed by atoms with E-state index in [1.54, 1.807) is 15.9 Å². The number of hydrogen-bond donors (Lipinski definition) is 0. The number of esters is 2. The molecule has 2 aromatic rings. The molecule has 3 heterocycles. The second-order valence-corrected chi connectivity index (χ2v) is 17.5. The Morgan fingerprint density at radius 1 is 0.679 bits per heavy atom. The Labute approximate surface area is 334 Å². The smallest absolute Gasteiger partial charge is 0.410 e. The van der Waals surface area contributed by atoms with Crippen molar-refractivity contribution >= 4 is 35.0 Å². The predicted octanol–water partition coefficient (Wildman–Crippen LogP) is 8.74. The number of carbonyl (C=O) groups excluding carboxylic acids is 4. The summed E-state index contributed by atoms with van der Waals surface area (Å²) in [4.78, 5) is 66.2. The summed E-state index contributed by atoms with van der Waals surface area (Å²) >= 11 is 0. The summed E-state index contributed by atoms with van der Waals surface area (Å²) < 4.78 is 23.4. The van der Waals surface area contributed by atoms with E-state index < -0.39 is 22.0 Å². The molecule has 1 aromatic carbocycles. The number of fused-ring (bicyclic) bond motifs is 1. The molecule has 56 heavy (non-hydrogen) atoms. The monoisotopic (exact) mass is 784 g/mol. The first kappa shape index (κ1) is 46.3. The third-order valence-electron chi connectivity index (χ3n) is 10.7. The van der Waals surface area contributed by atoms with E-state index in [-0.39, 0.29) is 29.7 Å². The number of piperidine rings is 2. The first-order valence-corrected chi connectivity index (χ1v) is 20.6. The van der Waals surface area contributed by atoms with Gasteiger partial charge in [-0.2, -0.15) is 0 Å². The summed E-state index contributed by atoms with van der Waals surface area (Å²) in [5.41, 5.74) is 0.830. The highest BCUT2D eigenvalue weighted by Crippen LogP contribution is 2.40. The van der Waals surface area contributed by atoms with Gasteiger partial charge < -0.3 is 33.3 Å². The fourth-order valence-corrected chi connectivity index (χ4v) is 7.55. The summed E-state index contributed by atoms with van der Waals surface area (Å²) in [5.74, 6) is -0.317. The van der Waals surface area contributed by atoms with E-state index in [9.17, 15) is 24.0 Å². The summed E-state index contributed by atoms with van der Waals surface area (Å²) in [6.07, 6.45) is 5.88. The van der Waals surface area contributed by atoms with Crippen LogP contribution in [0.25, 0.3) is 10.9 Å². The standard InChI is InChI=1S/C27H38N2O5.C17H31NO4/c1-7-33-24(31)27(12-15-28(16-13-27)25(32)34-26(4,5)6)11-8-14-29-22-17-19(2)9-10-21(22)20(3)18-23(29)30;1-6-8-9-17(14(19)21-7-2)10-12-18(13-11-17)15(20)22-16(3,4)5/h9-10,17-18H,7-8,11-16H2,1-6H3;6-13H2,1-5H3. The van der Waals surface area contributed by atoms with Crippen LogP contribution in [0.5, 0.6) is 0 Å². The predicted molar refractivity (Wildman–Crippen MR) is 219 cm³/mol. The first-order chi connectivity index (χ1) is 26.2. The van der Waals surface area contributed by atoms with Gasteiger partial charge in [0.15, 0.2) is 0 Å². The van der Waals surface area contributed by atoms with Gasteiger partial charge in [0.25, 0.3) is 5.56 Å². The number of amides is 2. The van der Waals surface area contributed by atoms with Gasteiger partial charge in [0.1, 0.15) is 11.2 Å². The Hall–Kier alpha value is -4.09. The zero-order valence-corrected chi connectivity index (χ0v) is 36.1. The average Bonchev–Trinajstić information content (AvgIpc) is 3.11. The number of ether oxygens (including phenoxy) is 4. The molecule has 1 aromatic heterocycles. The van der Waals surface area contributed by atoms with Gasteiger partial charge >= 0.3 is 24.1 Å². The van der Waals surface area contributed by atoms with Crippen molar-refractivity contribution in [2.24, 2.45) is 10.8 Å². The van der Waals surface area contributed by atoms with Crippen LogP contribution >= 0.6 is 0 Å². The maximum atomic E-state index is 13.0. The van der Waals surface area contributed by atoms with Crippen LogP contribution in [0, 0.1) is 24.7 Å². The molecule has 2 fully saturated rings. The van der Waals surface area contributed by atoms with E-state index in [2.05, 4.69) is 19.1 Å². The number of benzene rings is 1. The third-order valence-corrected chi connectivity index (χ3v) is 10.7. The van der Waals surface area contributed by atoms with Crippen molar-refractivity contribution in [1.29, 1.82) is 0 Å². The molecule has 2 amide bonds. The molecular formula is C44H69N3O9. The Morgan fingerprint density at radius 3 is 1.54 bits per heavy atom. The zero-order valence-electron chi connectivity index (χ0n) is 36.1. The van der Waals surface area contributed by atoms with Crippen molar-refractivity contribution in [3.8, 4) is 0 Å². The minimum atomic E-state index is -0.658. The molecular weight excluding hydrogens is 714 g/mol. The van der Waals surface area contributed by atoms with Crippen LogP contribution in [0.2, 0.25) is 0 Å². The summed E-state index contributed by atoms with van der Waals surface area (Å²) in [6, 6.07) is 7.84. The van der Waals surface area contributed by atoms with Crippen molar-refractivity contribution in [3.63, 3.8) is 0 Å². The third kappa shape index (κ3) is 12.7. The van der Waals surface area contributed by atoms with Crippen LogP contribution in [-0.4, -0.2) is 89.1 Å². The molecule has 2 saturated heterocycles. The average molecular weight is 784 g/mol. The second-order valence-electron chi connectivity index (χ2n) is 17.5. The molecule has 2 aliphatic rings. The van der Waals surface area contributed by atoms with Gasteiger partial charge in [0.05, 0.1) is 29.6 Å². The SMILES string of the molecule is CCCCC1(C(=O)OCC)CCN(C(=O)OC(C)(C)C)CC1.CCOC(=O)C1(CCCn2c(=O)cc(C)c3ccc(C)cc32)CCN(C(=O)OC(C)(C)C)CC1. The van der Waals surface area contributed by atoms with E-state index in [4.69, 9.17) is 18.9 Å². The molecule has 0 bridgehead atoms. The van der Waals surface area contributed by atoms with Crippen molar-refractivity contribution in [1.82, 2.24) is 14.4 Å². The molecule has 2 aliphatic heterocycles. The lowest BCUT2D eigenvalue weighted by molar-refractivity contribution is -0.160. The Morgan fingerprint density at radius 2 is 1.12 bits per heavy atom. The maximum absolute atomic E-state index is 13.0. The van der Waals surface area contributed by atoms with Gasteiger partial charge in [-0.05, 0) is 131 Å². The number of aromatic nitrogens is 1. The van der Waals surface area contributed by atoms with Crippen LogP contribution in [0.4, 0.5) is 9.59 Å². The number of aryl methyl sites for hydroxylation is 3. The molecule has 0 spiro atoms. The number of unbranched alkanes of at least 4 members (excludes halogenated alkanes) is 1. The van der Waals surface area contributed by atoms with Crippen LogP contribution in [0.15, 0.2) is 29.1 Å². The summed E-state index contributed by atoms with van der Waals surface area (Å²) in [6.45, 7) is 24.1. The van der Waals surface area contributed by atoms with Gasteiger partial charge in [-0.25, -0.2) is 9.59 Å². The van der Waals surface area contributed by atoms with Crippen LogP contribution in [0.1, 0.15) is 131 Å².